The predicted molar refractivity (Wildman–Crippen MR) is 93.1 cm³/mol. The molecular formula is C21H28N+. The predicted octanol–water partition coefficient (Wildman–Crippen LogP) is 4.66. The van der Waals surface area contributed by atoms with E-state index in [1.165, 1.54) is 48.1 Å². The van der Waals surface area contributed by atoms with Crippen molar-refractivity contribution in [3.63, 3.8) is 0 Å². The Morgan fingerprint density at radius 3 is 2.18 bits per heavy atom. The largest absolute Gasteiger partial charge is 0.212 e. The van der Waals surface area contributed by atoms with E-state index in [2.05, 4.69) is 69.8 Å². The summed E-state index contributed by atoms with van der Waals surface area (Å²) in [6.07, 6.45) is 7.47. The van der Waals surface area contributed by atoms with Crippen LogP contribution in [0.15, 0.2) is 30.5 Å². The minimum atomic E-state index is 0.196. The summed E-state index contributed by atoms with van der Waals surface area (Å²) in [7, 11) is 2.17. The van der Waals surface area contributed by atoms with Gasteiger partial charge in [0.05, 0.1) is 0 Å². The molecule has 0 fully saturated rings. The van der Waals surface area contributed by atoms with Crippen molar-refractivity contribution in [1.82, 2.24) is 0 Å². The van der Waals surface area contributed by atoms with Crippen LogP contribution < -0.4 is 4.57 Å². The Morgan fingerprint density at radius 2 is 1.59 bits per heavy atom. The van der Waals surface area contributed by atoms with Crippen LogP contribution in [-0.2, 0) is 25.3 Å². The van der Waals surface area contributed by atoms with Crippen LogP contribution in [0.4, 0.5) is 0 Å². The first-order chi connectivity index (χ1) is 10.4. The molecule has 1 aliphatic rings. The second-order valence-electron chi connectivity index (χ2n) is 7.81. The van der Waals surface area contributed by atoms with Gasteiger partial charge in [-0.15, -0.1) is 0 Å². The standard InChI is InChI=1S/C21H28N/c1-15-12-16-8-6-7-9-17(16)13-19(15)20-11-10-18(14-22(20)5)21(2,3)4/h10-14H,6-9H2,1-5H3/q+1. The number of aryl methyl sites for hydroxylation is 4. The van der Waals surface area contributed by atoms with E-state index in [1.54, 1.807) is 11.1 Å². The zero-order valence-electron chi connectivity index (χ0n) is 14.7. The number of hydrogen-bond donors (Lipinski definition) is 0. The number of aromatic nitrogens is 1. The molecule has 1 heterocycles. The molecule has 1 aliphatic carbocycles. The molecular weight excluding hydrogens is 266 g/mol. The Hall–Kier alpha value is -1.63. The normalized spacial score (nSPS) is 14.8. The maximum Gasteiger partial charge on any atom is 0.212 e. The summed E-state index contributed by atoms with van der Waals surface area (Å²) in [5, 5.41) is 0. The average Bonchev–Trinajstić information content (AvgIpc) is 2.46. The van der Waals surface area contributed by atoms with E-state index in [-0.39, 0.29) is 5.41 Å². The molecule has 2 aromatic rings. The lowest BCUT2D eigenvalue weighted by Gasteiger charge is -2.19. The maximum atomic E-state index is 2.44. The van der Waals surface area contributed by atoms with Crippen LogP contribution in [-0.4, -0.2) is 0 Å². The van der Waals surface area contributed by atoms with Crippen LogP contribution in [0.3, 0.4) is 0 Å². The van der Waals surface area contributed by atoms with Crippen LogP contribution in [0.25, 0.3) is 11.3 Å². The first-order valence-electron chi connectivity index (χ1n) is 8.49. The number of fused-ring (bicyclic) bond motifs is 1. The van der Waals surface area contributed by atoms with Crippen molar-refractivity contribution in [1.29, 1.82) is 0 Å². The first kappa shape index (κ1) is 15.3. The number of benzene rings is 1. The molecule has 0 N–H and O–H groups in total. The van der Waals surface area contributed by atoms with E-state index in [0.29, 0.717) is 0 Å². The summed E-state index contributed by atoms with van der Waals surface area (Å²) in [6, 6.07) is 9.43. The quantitative estimate of drug-likeness (QED) is 0.673. The molecule has 22 heavy (non-hydrogen) atoms. The van der Waals surface area contributed by atoms with Crippen LogP contribution in [0, 0.1) is 6.92 Å². The van der Waals surface area contributed by atoms with E-state index in [1.807, 2.05) is 0 Å². The van der Waals surface area contributed by atoms with Gasteiger partial charge in [0, 0.05) is 17.2 Å². The molecule has 116 valence electrons. The second-order valence-corrected chi connectivity index (χ2v) is 7.81. The summed E-state index contributed by atoms with van der Waals surface area (Å²) >= 11 is 0. The Bertz CT molecular complexity index is 705. The van der Waals surface area contributed by atoms with Crippen molar-refractivity contribution in [2.24, 2.45) is 7.05 Å². The number of nitrogens with zero attached hydrogens (tertiary/aromatic N) is 1. The van der Waals surface area contributed by atoms with Gasteiger partial charge in [-0.3, -0.25) is 0 Å². The monoisotopic (exact) mass is 294 g/mol. The van der Waals surface area contributed by atoms with Crippen molar-refractivity contribution in [2.75, 3.05) is 0 Å². The van der Waals surface area contributed by atoms with Crippen molar-refractivity contribution >= 4 is 0 Å². The van der Waals surface area contributed by atoms with E-state index >= 15 is 0 Å². The Labute approximate surface area is 135 Å². The molecule has 0 radical (unpaired) electrons. The highest BCUT2D eigenvalue weighted by Gasteiger charge is 2.21. The summed E-state index contributed by atoms with van der Waals surface area (Å²) < 4.78 is 2.29. The average molecular weight is 294 g/mol. The Morgan fingerprint density at radius 1 is 0.955 bits per heavy atom. The van der Waals surface area contributed by atoms with Gasteiger partial charge in [0.25, 0.3) is 0 Å². The Balaban J connectivity index is 2.08. The molecule has 0 saturated heterocycles. The number of rotatable bonds is 1. The molecule has 1 heteroatoms. The molecule has 0 saturated carbocycles. The van der Waals surface area contributed by atoms with Gasteiger partial charge in [-0.1, -0.05) is 26.8 Å². The van der Waals surface area contributed by atoms with E-state index < -0.39 is 0 Å². The molecule has 1 nitrogen and oxygen atoms in total. The smallest absolute Gasteiger partial charge is 0.201 e. The highest BCUT2D eigenvalue weighted by atomic mass is 14.9. The zero-order chi connectivity index (χ0) is 15.9. The van der Waals surface area contributed by atoms with E-state index in [4.69, 9.17) is 0 Å². The molecule has 1 aromatic carbocycles. The summed E-state index contributed by atoms with van der Waals surface area (Å²) in [5.74, 6) is 0. The van der Waals surface area contributed by atoms with Crippen molar-refractivity contribution in [3.05, 3.63) is 52.7 Å². The van der Waals surface area contributed by atoms with Gasteiger partial charge in [-0.2, -0.15) is 0 Å². The number of pyridine rings is 1. The van der Waals surface area contributed by atoms with Crippen LogP contribution in [0.5, 0.6) is 0 Å². The molecule has 0 aliphatic heterocycles. The lowest BCUT2D eigenvalue weighted by atomic mass is 9.86. The van der Waals surface area contributed by atoms with Gasteiger partial charge < -0.3 is 0 Å². The van der Waals surface area contributed by atoms with Crippen molar-refractivity contribution in [2.45, 2.75) is 58.8 Å². The Kier molecular flexibility index (Phi) is 3.84. The lowest BCUT2D eigenvalue weighted by molar-refractivity contribution is -0.661. The van der Waals surface area contributed by atoms with Gasteiger partial charge in [0.2, 0.25) is 5.69 Å². The fraction of sp³-hybridized carbons (Fsp3) is 0.476. The molecule has 0 spiro atoms. The highest BCUT2D eigenvalue weighted by Crippen LogP contribution is 2.30. The van der Waals surface area contributed by atoms with Crippen molar-refractivity contribution < 1.29 is 4.57 Å². The highest BCUT2D eigenvalue weighted by molar-refractivity contribution is 5.63. The fourth-order valence-corrected chi connectivity index (χ4v) is 3.52. The van der Waals surface area contributed by atoms with Crippen LogP contribution in [0.2, 0.25) is 0 Å². The third-order valence-electron chi connectivity index (χ3n) is 4.96. The summed E-state index contributed by atoms with van der Waals surface area (Å²) in [6.45, 7) is 9.06. The van der Waals surface area contributed by atoms with Crippen molar-refractivity contribution in [3.8, 4) is 11.3 Å². The van der Waals surface area contributed by atoms with E-state index in [0.717, 1.165) is 0 Å². The molecule has 3 rings (SSSR count). The van der Waals surface area contributed by atoms with E-state index in [9.17, 15) is 0 Å². The van der Waals surface area contributed by atoms with Gasteiger partial charge >= 0.3 is 0 Å². The van der Waals surface area contributed by atoms with Gasteiger partial charge in [-0.25, -0.2) is 4.57 Å². The number of hydrogen-bond acceptors (Lipinski definition) is 0. The minimum absolute atomic E-state index is 0.196. The third kappa shape index (κ3) is 2.82. The summed E-state index contributed by atoms with van der Waals surface area (Å²) in [4.78, 5) is 0. The fourth-order valence-electron chi connectivity index (χ4n) is 3.52. The van der Waals surface area contributed by atoms with Gasteiger partial charge in [-0.05, 0) is 66.8 Å². The van der Waals surface area contributed by atoms with Crippen LogP contribution in [0.1, 0.15) is 55.9 Å². The third-order valence-corrected chi connectivity index (χ3v) is 4.96. The summed E-state index contributed by atoms with van der Waals surface area (Å²) in [5.41, 5.74) is 8.83. The SMILES string of the molecule is Cc1cc2c(cc1-c1ccc(C(C)(C)C)c[n+]1C)CCCC2. The minimum Gasteiger partial charge on any atom is -0.201 e. The second kappa shape index (κ2) is 5.53. The topological polar surface area (TPSA) is 3.88 Å². The molecule has 0 unspecified atom stereocenters. The molecule has 1 aromatic heterocycles. The molecule has 0 atom stereocenters. The molecule has 0 amide bonds. The zero-order valence-corrected chi connectivity index (χ0v) is 14.7. The lowest BCUT2D eigenvalue weighted by Crippen LogP contribution is -2.33. The van der Waals surface area contributed by atoms with Gasteiger partial charge in [0.1, 0.15) is 7.05 Å². The first-order valence-corrected chi connectivity index (χ1v) is 8.49. The molecule has 0 bridgehead atoms. The van der Waals surface area contributed by atoms with Gasteiger partial charge in [0.15, 0.2) is 6.20 Å². The maximum absolute atomic E-state index is 2.44. The van der Waals surface area contributed by atoms with Crippen LogP contribution >= 0.6 is 0 Å².